The second-order valence-electron chi connectivity index (χ2n) is 7.92. The van der Waals surface area contributed by atoms with Gasteiger partial charge in [-0.1, -0.05) is 59.8 Å². The predicted octanol–water partition coefficient (Wildman–Crippen LogP) is 1.44. The molecule has 1 saturated heterocycles. The van der Waals surface area contributed by atoms with Gasteiger partial charge in [-0.05, 0) is 24.5 Å². The number of hydrogen-bond acceptors (Lipinski definition) is 5. The molecule has 3 unspecified atom stereocenters. The van der Waals surface area contributed by atoms with Gasteiger partial charge in [-0.15, -0.1) is 0 Å². The van der Waals surface area contributed by atoms with Crippen LogP contribution in [-0.4, -0.2) is 57.6 Å². The number of amidine groups is 1. The molecule has 0 aromatic heterocycles. The summed E-state index contributed by atoms with van der Waals surface area (Å²) >= 11 is 0. The van der Waals surface area contributed by atoms with Crippen LogP contribution >= 0.6 is 0 Å². The van der Waals surface area contributed by atoms with Crippen LogP contribution in [0.5, 0.6) is 0 Å². The Kier molecular flexibility index (Phi) is 7.50. The molecule has 3 atom stereocenters. The summed E-state index contributed by atoms with van der Waals surface area (Å²) in [7, 11) is 0. The number of amides is 3. The molecule has 0 aliphatic carbocycles. The molecule has 10 nitrogen and oxygen atoms in total. The first-order valence-corrected chi connectivity index (χ1v) is 10.5. The minimum Gasteiger partial charge on any atom is -0.465 e. The standard InChI is InChI=1S/C23H27N5O5/c1-14(21(29)25-12-15-7-9-17(10-8-15)20(24)27-33)26-22(30)19-11-18(13-28(19)23(31)32)16-5-3-2-4-6-16/h2-10,14,18-19,33H,11-13H2,1H3,(H2,24,27)(H,25,29)(H,26,30)(H,31,32). The van der Waals surface area contributed by atoms with Crippen molar-refractivity contribution < 1.29 is 24.7 Å². The van der Waals surface area contributed by atoms with Crippen molar-refractivity contribution in [1.82, 2.24) is 15.5 Å². The van der Waals surface area contributed by atoms with Crippen molar-refractivity contribution in [3.05, 3.63) is 71.3 Å². The van der Waals surface area contributed by atoms with Gasteiger partial charge >= 0.3 is 6.09 Å². The number of carbonyl (C=O) groups excluding carboxylic acids is 2. The number of rotatable bonds is 7. The number of nitrogens with zero attached hydrogens (tertiary/aromatic N) is 2. The van der Waals surface area contributed by atoms with Crippen LogP contribution in [0.25, 0.3) is 0 Å². The summed E-state index contributed by atoms with van der Waals surface area (Å²) in [6.07, 6.45) is -0.815. The maximum absolute atomic E-state index is 12.8. The second kappa shape index (κ2) is 10.5. The number of carbonyl (C=O) groups is 3. The predicted molar refractivity (Wildman–Crippen MR) is 121 cm³/mol. The van der Waals surface area contributed by atoms with Crippen LogP contribution in [0.1, 0.15) is 36.0 Å². The van der Waals surface area contributed by atoms with Gasteiger partial charge in [0.1, 0.15) is 12.1 Å². The van der Waals surface area contributed by atoms with E-state index in [0.717, 1.165) is 16.0 Å². The highest BCUT2D eigenvalue weighted by molar-refractivity contribution is 5.97. The number of oxime groups is 1. The van der Waals surface area contributed by atoms with Crippen molar-refractivity contribution in [3.63, 3.8) is 0 Å². The van der Waals surface area contributed by atoms with Crippen LogP contribution in [0.2, 0.25) is 0 Å². The van der Waals surface area contributed by atoms with E-state index in [4.69, 9.17) is 10.9 Å². The van der Waals surface area contributed by atoms with Crippen molar-refractivity contribution >= 4 is 23.7 Å². The van der Waals surface area contributed by atoms with Gasteiger partial charge in [0.25, 0.3) is 0 Å². The second-order valence-corrected chi connectivity index (χ2v) is 7.92. The molecule has 0 bridgehead atoms. The number of hydrogen-bond donors (Lipinski definition) is 5. The molecule has 1 aliphatic rings. The molecule has 0 saturated carbocycles. The number of benzene rings is 2. The Morgan fingerprint density at radius 1 is 1.15 bits per heavy atom. The highest BCUT2D eigenvalue weighted by Crippen LogP contribution is 2.31. The third kappa shape index (κ3) is 5.79. The van der Waals surface area contributed by atoms with Crippen molar-refractivity contribution in [3.8, 4) is 0 Å². The summed E-state index contributed by atoms with van der Waals surface area (Å²) in [6, 6.07) is 14.5. The Bertz CT molecular complexity index is 1030. The molecule has 33 heavy (non-hydrogen) atoms. The van der Waals surface area contributed by atoms with E-state index in [1.807, 2.05) is 30.3 Å². The van der Waals surface area contributed by atoms with Gasteiger partial charge in [0.05, 0.1) is 0 Å². The molecule has 0 spiro atoms. The zero-order valence-corrected chi connectivity index (χ0v) is 18.1. The van der Waals surface area contributed by atoms with Crippen LogP contribution in [0.3, 0.4) is 0 Å². The zero-order chi connectivity index (χ0) is 24.0. The monoisotopic (exact) mass is 453 g/mol. The highest BCUT2D eigenvalue weighted by Gasteiger charge is 2.40. The van der Waals surface area contributed by atoms with Crippen molar-refractivity contribution in [2.45, 2.75) is 37.9 Å². The normalized spacial score (nSPS) is 19.1. The first-order valence-electron chi connectivity index (χ1n) is 10.5. The largest absolute Gasteiger partial charge is 0.465 e. The van der Waals surface area contributed by atoms with Gasteiger partial charge in [-0.2, -0.15) is 0 Å². The Labute approximate surface area is 191 Å². The molecule has 6 N–H and O–H groups in total. The Morgan fingerprint density at radius 2 is 1.82 bits per heavy atom. The summed E-state index contributed by atoms with van der Waals surface area (Å²) in [4.78, 5) is 38.1. The van der Waals surface area contributed by atoms with E-state index >= 15 is 0 Å². The molecule has 1 fully saturated rings. The lowest BCUT2D eigenvalue weighted by atomic mass is 9.96. The fraction of sp³-hybridized carbons (Fsp3) is 0.304. The average molecular weight is 453 g/mol. The SMILES string of the molecule is CC(NC(=O)C1CC(c2ccccc2)CN1C(=O)O)C(=O)NCc1ccc(/C(N)=N/O)cc1. The van der Waals surface area contributed by atoms with Gasteiger partial charge < -0.3 is 26.7 Å². The van der Waals surface area contributed by atoms with E-state index in [-0.39, 0.29) is 24.8 Å². The number of carboxylic acid groups (broad SMARTS) is 1. The van der Waals surface area contributed by atoms with Gasteiger partial charge in [-0.3, -0.25) is 14.5 Å². The average Bonchev–Trinajstić information content (AvgIpc) is 3.29. The van der Waals surface area contributed by atoms with Gasteiger partial charge in [-0.25, -0.2) is 4.79 Å². The minimum absolute atomic E-state index is 0.0151. The Balaban J connectivity index is 1.56. The quantitative estimate of drug-likeness (QED) is 0.185. The van der Waals surface area contributed by atoms with Crippen LogP contribution in [0.15, 0.2) is 59.8 Å². The van der Waals surface area contributed by atoms with E-state index in [9.17, 15) is 19.5 Å². The number of nitrogens with two attached hydrogens (primary N) is 1. The van der Waals surface area contributed by atoms with Crippen molar-refractivity contribution in [1.29, 1.82) is 0 Å². The zero-order valence-electron chi connectivity index (χ0n) is 18.1. The van der Waals surface area contributed by atoms with Crippen molar-refractivity contribution in [2.24, 2.45) is 10.9 Å². The molecule has 3 rings (SSSR count). The summed E-state index contributed by atoms with van der Waals surface area (Å²) in [5.74, 6) is -1.00. The van der Waals surface area contributed by atoms with E-state index in [0.29, 0.717) is 12.0 Å². The molecular formula is C23H27N5O5. The van der Waals surface area contributed by atoms with Crippen LogP contribution in [-0.2, 0) is 16.1 Å². The van der Waals surface area contributed by atoms with Crippen LogP contribution < -0.4 is 16.4 Å². The fourth-order valence-corrected chi connectivity index (χ4v) is 3.83. The van der Waals surface area contributed by atoms with Crippen LogP contribution in [0.4, 0.5) is 4.79 Å². The molecule has 0 radical (unpaired) electrons. The van der Waals surface area contributed by atoms with Gasteiger partial charge in [0.15, 0.2) is 5.84 Å². The van der Waals surface area contributed by atoms with Crippen LogP contribution in [0, 0.1) is 0 Å². The lowest BCUT2D eigenvalue weighted by Crippen LogP contribution is -2.51. The Morgan fingerprint density at radius 3 is 2.42 bits per heavy atom. The third-order valence-electron chi connectivity index (χ3n) is 5.70. The number of likely N-dealkylation sites (tertiary alicyclic amines) is 1. The molecule has 174 valence electrons. The van der Waals surface area contributed by atoms with Gasteiger partial charge in [0, 0.05) is 24.6 Å². The Hall–Kier alpha value is -4.08. The first kappa shape index (κ1) is 23.6. The third-order valence-corrected chi connectivity index (χ3v) is 5.70. The molecule has 3 amide bonds. The molecule has 10 heteroatoms. The molecule has 2 aromatic rings. The molecule has 2 aromatic carbocycles. The lowest BCUT2D eigenvalue weighted by molar-refractivity contribution is -0.130. The fourth-order valence-electron chi connectivity index (χ4n) is 3.83. The molecular weight excluding hydrogens is 426 g/mol. The number of nitrogens with one attached hydrogen (secondary N) is 2. The summed E-state index contributed by atoms with van der Waals surface area (Å²) < 4.78 is 0. The maximum Gasteiger partial charge on any atom is 0.408 e. The molecule has 1 aliphatic heterocycles. The summed E-state index contributed by atoms with van der Waals surface area (Å²) in [5.41, 5.74) is 7.83. The van der Waals surface area contributed by atoms with E-state index in [2.05, 4.69) is 15.8 Å². The van der Waals surface area contributed by atoms with E-state index in [1.165, 1.54) is 0 Å². The smallest absolute Gasteiger partial charge is 0.408 e. The molecule has 1 heterocycles. The van der Waals surface area contributed by atoms with E-state index < -0.39 is 30.0 Å². The maximum atomic E-state index is 12.8. The van der Waals surface area contributed by atoms with Gasteiger partial charge in [0.2, 0.25) is 11.8 Å². The highest BCUT2D eigenvalue weighted by atomic mass is 16.4. The minimum atomic E-state index is -1.17. The lowest BCUT2D eigenvalue weighted by Gasteiger charge is -2.22. The van der Waals surface area contributed by atoms with E-state index in [1.54, 1.807) is 31.2 Å². The summed E-state index contributed by atoms with van der Waals surface area (Å²) in [5, 5.41) is 26.5. The topological polar surface area (TPSA) is 157 Å². The first-order chi connectivity index (χ1) is 15.8. The summed E-state index contributed by atoms with van der Waals surface area (Å²) in [6.45, 7) is 1.99. The van der Waals surface area contributed by atoms with Crippen molar-refractivity contribution in [2.75, 3.05) is 6.54 Å².